The summed E-state index contributed by atoms with van der Waals surface area (Å²) in [5, 5.41) is 11.6. The number of nitrogens with one attached hydrogen (secondary N) is 1. The first-order valence-corrected chi connectivity index (χ1v) is 6.57. The van der Waals surface area contributed by atoms with Crippen molar-refractivity contribution in [2.45, 2.75) is 19.4 Å². The topological polar surface area (TPSA) is 52.9 Å². The fraction of sp³-hybridized carbons (Fsp3) is 0.176. The maximum atomic E-state index is 11.7. The van der Waals surface area contributed by atoms with Gasteiger partial charge < -0.3 is 5.32 Å². The smallest absolute Gasteiger partial charge is 0.220 e. The average molecular weight is 264 g/mol. The molecule has 0 heterocycles. The minimum Gasteiger partial charge on any atom is -0.352 e. The largest absolute Gasteiger partial charge is 0.352 e. The molecule has 20 heavy (non-hydrogen) atoms. The summed E-state index contributed by atoms with van der Waals surface area (Å²) < 4.78 is 0. The molecule has 0 aromatic heterocycles. The van der Waals surface area contributed by atoms with Crippen LogP contribution < -0.4 is 5.32 Å². The molecule has 0 aliphatic carbocycles. The first-order chi connectivity index (χ1) is 9.78. The Balaban J connectivity index is 1.76. The zero-order valence-corrected chi connectivity index (χ0v) is 11.2. The maximum absolute atomic E-state index is 11.7. The number of hydrogen-bond acceptors (Lipinski definition) is 2. The lowest BCUT2D eigenvalue weighted by Gasteiger charge is -2.05. The summed E-state index contributed by atoms with van der Waals surface area (Å²) in [6.07, 6.45) is 1.24. The van der Waals surface area contributed by atoms with Gasteiger partial charge in [-0.3, -0.25) is 4.79 Å². The van der Waals surface area contributed by atoms with Gasteiger partial charge in [-0.05, 0) is 29.7 Å². The van der Waals surface area contributed by atoms with Crippen LogP contribution in [0.2, 0.25) is 0 Å². The molecule has 3 heteroatoms. The molecule has 0 aliphatic heterocycles. The number of rotatable bonds is 5. The van der Waals surface area contributed by atoms with Crippen molar-refractivity contribution in [3.8, 4) is 6.07 Å². The van der Waals surface area contributed by atoms with Crippen molar-refractivity contribution in [2.75, 3.05) is 0 Å². The maximum Gasteiger partial charge on any atom is 0.220 e. The first kappa shape index (κ1) is 13.8. The number of amides is 1. The molecule has 2 aromatic carbocycles. The van der Waals surface area contributed by atoms with Crippen LogP contribution in [-0.4, -0.2) is 5.91 Å². The molecule has 2 aromatic rings. The molecule has 1 amide bonds. The Labute approximate surface area is 118 Å². The van der Waals surface area contributed by atoms with Gasteiger partial charge in [0.25, 0.3) is 0 Å². The summed E-state index contributed by atoms with van der Waals surface area (Å²) in [6.45, 7) is 0.499. The molecule has 3 nitrogen and oxygen atoms in total. The van der Waals surface area contributed by atoms with Gasteiger partial charge in [0.05, 0.1) is 11.6 Å². The highest BCUT2D eigenvalue weighted by molar-refractivity contribution is 5.76. The average Bonchev–Trinajstić information content (AvgIpc) is 2.52. The van der Waals surface area contributed by atoms with Gasteiger partial charge in [-0.15, -0.1) is 0 Å². The van der Waals surface area contributed by atoms with Crippen LogP contribution in [-0.2, 0) is 17.8 Å². The van der Waals surface area contributed by atoms with Gasteiger partial charge in [0, 0.05) is 13.0 Å². The van der Waals surface area contributed by atoms with Crippen LogP contribution in [0.25, 0.3) is 0 Å². The summed E-state index contributed by atoms with van der Waals surface area (Å²) in [5.74, 6) is 0.0400. The van der Waals surface area contributed by atoms with Gasteiger partial charge in [-0.2, -0.15) is 5.26 Å². The quantitative estimate of drug-likeness (QED) is 0.902. The summed E-state index contributed by atoms with van der Waals surface area (Å²) in [6, 6.07) is 19.3. The van der Waals surface area contributed by atoms with Crippen LogP contribution >= 0.6 is 0 Å². The monoisotopic (exact) mass is 264 g/mol. The molecular formula is C17H16N2O. The number of carbonyl (C=O) groups is 1. The van der Waals surface area contributed by atoms with Gasteiger partial charge >= 0.3 is 0 Å². The Hall–Kier alpha value is -2.60. The van der Waals surface area contributed by atoms with E-state index in [4.69, 9.17) is 5.26 Å². The van der Waals surface area contributed by atoms with Crippen LogP contribution in [0.5, 0.6) is 0 Å². The first-order valence-electron chi connectivity index (χ1n) is 6.57. The van der Waals surface area contributed by atoms with Gasteiger partial charge in [0.1, 0.15) is 0 Å². The van der Waals surface area contributed by atoms with E-state index in [1.165, 1.54) is 5.56 Å². The SMILES string of the molecule is N#Cc1ccc(CNC(=O)CCc2ccccc2)cc1. The van der Waals surface area contributed by atoms with Crippen molar-refractivity contribution < 1.29 is 4.79 Å². The molecular weight excluding hydrogens is 248 g/mol. The lowest BCUT2D eigenvalue weighted by atomic mass is 10.1. The van der Waals surface area contributed by atoms with Crippen LogP contribution in [0.15, 0.2) is 54.6 Å². The van der Waals surface area contributed by atoms with E-state index in [0.29, 0.717) is 18.5 Å². The van der Waals surface area contributed by atoms with Crippen LogP contribution in [0.1, 0.15) is 23.1 Å². The van der Waals surface area contributed by atoms with Crippen molar-refractivity contribution in [3.05, 3.63) is 71.3 Å². The Morgan fingerprint density at radius 3 is 2.35 bits per heavy atom. The van der Waals surface area contributed by atoms with E-state index in [-0.39, 0.29) is 5.91 Å². The molecule has 2 rings (SSSR count). The lowest BCUT2D eigenvalue weighted by Crippen LogP contribution is -2.22. The van der Waals surface area contributed by atoms with Crippen molar-refractivity contribution in [1.82, 2.24) is 5.32 Å². The number of benzene rings is 2. The van der Waals surface area contributed by atoms with E-state index in [0.717, 1.165) is 12.0 Å². The van der Waals surface area contributed by atoms with E-state index in [1.807, 2.05) is 42.5 Å². The zero-order valence-electron chi connectivity index (χ0n) is 11.2. The normalized spacial score (nSPS) is 9.75. The Kier molecular flexibility index (Phi) is 4.91. The molecule has 0 spiro atoms. The van der Waals surface area contributed by atoms with Gasteiger partial charge in [-0.1, -0.05) is 42.5 Å². The van der Waals surface area contributed by atoms with Crippen molar-refractivity contribution in [1.29, 1.82) is 5.26 Å². The van der Waals surface area contributed by atoms with Gasteiger partial charge in [0.15, 0.2) is 0 Å². The highest BCUT2D eigenvalue weighted by Crippen LogP contribution is 2.04. The molecule has 0 fully saturated rings. The summed E-state index contributed by atoms with van der Waals surface area (Å²) >= 11 is 0. The van der Waals surface area contributed by atoms with E-state index in [9.17, 15) is 4.79 Å². The molecule has 0 unspecified atom stereocenters. The zero-order chi connectivity index (χ0) is 14.2. The van der Waals surface area contributed by atoms with E-state index < -0.39 is 0 Å². The highest BCUT2D eigenvalue weighted by Gasteiger charge is 2.02. The number of carbonyl (C=O) groups excluding carboxylic acids is 1. The molecule has 0 aliphatic rings. The number of aryl methyl sites for hydroxylation is 1. The summed E-state index contributed by atoms with van der Waals surface area (Å²) in [5.41, 5.74) is 2.79. The van der Waals surface area contributed by atoms with Gasteiger partial charge in [-0.25, -0.2) is 0 Å². The predicted molar refractivity (Wildman–Crippen MR) is 77.8 cm³/mol. The number of hydrogen-bond donors (Lipinski definition) is 1. The lowest BCUT2D eigenvalue weighted by molar-refractivity contribution is -0.121. The molecule has 0 saturated carbocycles. The van der Waals surface area contributed by atoms with Crippen molar-refractivity contribution >= 4 is 5.91 Å². The summed E-state index contributed by atoms with van der Waals surface area (Å²) in [7, 11) is 0. The fourth-order valence-corrected chi connectivity index (χ4v) is 1.89. The third-order valence-electron chi connectivity index (χ3n) is 3.06. The van der Waals surface area contributed by atoms with E-state index >= 15 is 0 Å². The number of nitriles is 1. The van der Waals surface area contributed by atoms with E-state index in [2.05, 4.69) is 11.4 Å². The third-order valence-corrected chi connectivity index (χ3v) is 3.06. The second kappa shape index (κ2) is 7.10. The second-order valence-corrected chi connectivity index (χ2v) is 4.57. The van der Waals surface area contributed by atoms with Gasteiger partial charge in [0.2, 0.25) is 5.91 Å². The Morgan fingerprint density at radius 1 is 1.00 bits per heavy atom. The third kappa shape index (κ3) is 4.25. The molecule has 0 bridgehead atoms. The molecule has 0 radical (unpaired) electrons. The van der Waals surface area contributed by atoms with E-state index in [1.54, 1.807) is 12.1 Å². The van der Waals surface area contributed by atoms with Crippen LogP contribution in [0.4, 0.5) is 0 Å². The summed E-state index contributed by atoms with van der Waals surface area (Å²) in [4.78, 5) is 11.7. The minimum absolute atomic E-state index is 0.0400. The standard InChI is InChI=1S/C17H16N2O/c18-12-15-6-8-16(9-7-15)13-19-17(20)11-10-14-4-2-1-3-5-14/h1-9H,10-11,13H2,(H,19,20). The number of nitrogens with zero attached hydrogens (tertiary/aromatic N) is 1. The molecule has 0 saturated heterocycles. The molecule has 1 N–H and O–H groups in total. The Morgan fingerprint density at radius 2 is 1.70 bits per heavy atom. The van der Waals surface area contributed by atoms with Crippen LogP contribution in [0, 0.1) is 11.3 Å². The molecule has 0 atom stereocenters. The second-order valence-electron chi connectivity index (χ2n) is 4.57. The minimum atomic E-state index is 0.0400. The predicted octanol–water partition coefficient (Wildman–Crippen LogP) is 2.81. The Bertz CT molecular complexity index is 597. The van der Waals surface area contributed by atoms with Crippen molar-refractivity contribution in [2.24, 2.45) is 0 Å². The molecule has 100 valence electrons. The highest BCUT2D eigenvalue weighted by atomic mass is 16.1. The fourth-order valence-electron chi connectivity index (χ4n) is 1.89. The van der Waals surface area contributed by atoms with Crippen molar-refractivity contribution in [3.63, 3.8) is 0 Å². The van der Waals surface area contributed by atoms with Crippen LogP contribution in [0.3, 0.4) is 0 Å².